The van der Waals surface area contributed by atoms with E-state index in [1.54, 1.807) is 48.4 Å². The van der Waals surface area contributed by atoms with Gasteiger partial charge in [-0.1, -0.05) is 12.1 Å². The first-order chi connectivity index (χ1) is 18.7. The maximum absolute atomic E-state index is 13.5. The molecule has 0 aromatic heterocycles. The van der Waals surface area contributed by atoms with Crippen LogP contribution in [0, 0.1) is 0 Å². The van der Waals surface area contributed by atoms with Crippen LogP contribution >= 0.6 is 0 Å². The normalized spacial score (nSPS) is 15.8. The quantitative estimate of drug-likeness (QED) is 0.443. The Kier molecular flexibility index (Phi) is 10.3. The first-order valence-corrected chi connectivity index (χ1v) is 12.5. The molecule has 1 aliphatic heterocycles. The molecule has 0 bridgehead atoms. The van der Waals surface area contributed by atoms with Crippen LogP contribution in [0.1, 0.15) is 15.9 Å². The average Bonchev–Trinajstić information content (AvgIpc) is 2.96. The van der Waals surface area contributed by atoms with E-state index in [9.17, 15) is 19.2 Å². The molecular weight excluding hydrogens is 504 g/mol. The Labute approximate surface area is 228 Å². The fourth-order valence-corrected chi connectivity index (χ4v) is 4.38. The number of hydrogen-bond acceptors (Lipinski definition) is 8. The standard InChI is InChI=1S/C28H36N4O7/c1-30(2)21-10-8-20(9-11-21)27(35)31-14-15-32(25(33)18-37-3)24(17-31)26(34)29-23(28(36)39-5)16-19-6-12-22(38-4)13-7-19/h6-13,23-24H,14-18H2,1-5H3,(H,29,34)/t23-,24+/m0/s1. The van der Waals surface area contributed by atoms with Gasteiger partial charge in [0.2, 0.25) is 11.8 Å². The third-order valence-corrected chi connectivity index (χ3v) is 6.59. The van der Waals surface area contributed by atoms with E-state index in [1.807, 2.05) is 31.1 Å². The molecule has 2 atom stereocenters. The van der Waals surface area contributed by atoms with Crippen molar-refractivity contribution in [2.45, 2.75) is 18.5 Å². The molecule has 1 saturated heterocycles. The molecule has 1 fully saturated rings. The van der Waals surface area contributed by atoms with Gasteiger partial charge >= 0.3 is 5.97 Å². The van der Waals surface area contributed by atoms with Gasteiger partial charge in [-0.2, -0.15) is 0 Å². The highest BCUT2D eigenvalue weighted by Crippen LogP contribution is 2.18. The zero-order chi connectivity index (χ0) is 28.5. The van der Waals surface area contributed by atoms with Gasteiger partial charge in [-0.25, -0.2) is 4.79 Å². The molecule has 3 amide bonds. The molecule has 1 N–H and O–H groups in total. The van der Waals surface area contributed by atoms with Crippen LogP contribution in [0.15, 0.2) is 48.5 Å². The van der Waals surface area contributed by atoms with Crippen LogP contribution in [0.25, 0.3) is 0 Å². The Morgan fingerprint density at radius 1 is 0.974 bits per heavy atom. The average molecular weight is 541 g/mol. The monoisotopic (exact) mass is 540 g/mol. The summed E-state index contributed by atoms with van der Waals surface area (Å²) >= 11 is 0. The van der Waals surface area contributed by atoms with Crippen molar-refractivity contribution >= 4 is 29.4 Å². The molecule has 0 saturated carbocycles. The predicted octanol–water partition coefficient (Wildman–Crippen LogP) is 0.961. The first kappa shape index (κ1) is 29.4. The molecule has 2 aromatic rings. The zero-order valence-corrected chi connectivity index (χ0v) is 23.0. The number of piperazine rings is 1. The van der Waals surface area contributed by atoms with Crippen molar-refractivity contribution in [3.8, 4) is 5.75 Å². The van der Waals surface area contributed by atoms with Crippen LogP contribution in [0.5, 0.6) is 5.75 Å². The van der Waals surface area contributed by atoms with E-state index in [0.717, 1.165) is 11.3 Å². The summed E-state index contributed by atoms with van der Waals surface area (Å²) in [5.41, 5.74) is 2.20. The molecule has 210 valence electrons. The molecule has 2 aromatic carbocycles. The summed E-state index contributed by atoms with van der Waals surface area (Å²) in [4.78, 5) is 57.1. The van der Waals surface area contributed by atoms with Crippen molar-refractivity contribution in [2.75, 3.05) is 66.6 Å². The van der Waals surface area contributed by atoms with Crippen LogP contribution in [0.4, 0.5) is 5.69 Å². The minimum absolute atomic E-state index is 0.0357. The zero-order valence-electron chi connectivity index (χ0n) is 23.0. The highest BCUT2D eigenvalue weighted by molar-refractivity contribution is 5.96. The number of carbonyl (C=O) groups excluding carboxylic acids is 4. The fourth-order valence-electron chi connectivity index (χ4n) is 4.38. The molecule has 11 nitrogen and oxygen atoms in total. The van der Waals surface area contributed by atoms with Gasteiger partial charge in [-0.15, -0.1) is 0 Å². The van der Waals surface area contributed by atoms with Gasteiger partial charge in [-0.05, 0) is 42.0 Å². The summed E-state index contributed by atoms with van der Waals surface area (Å²) in [7, 11) is 8.01. The van der Waals surface area contributed by atoms with E-state index in [0.29, 0.717) is 11.3 Å². The van der Waals surface area contributed by atoms with Crippen molar-refractivity contribution in [2.24, 2.45) is 0 Å². The summed E-state index contributed by atoms with van der Waals surface area (Å²) in [6.45, 7) is 0.144. The lowest BCUT2D eigenvalue weighted by Crippen LogP contribution is -2.63. The van der Waals surface area contributed by atoms with Crippen molar-refractivity contribution in [3.63, 3.8) is 0 Å². The number of anilines is 1. The summed E-state index contributed by atoms with van der Waals surface area (Å²) in [6.07, 6.45) is 0.169. The van der Waals surface area contributed by atoms with Crippen molar-refractivity contribution in [1.29, 1.82) is 0 Å². The van der Waals surface area contributed by atoms with Gasteiger partial charge in [-0.3, -0.25) is 14.4 Å². The summed E-state index contributed by atoms with van der Waals surface area (Å²) in [5.74, 6) is -1.17. The lowest BCUT2D eigenvalue weighted by atomic mass is 10.0. The second kappa shape index (κ2) is 13.6. The molecule has 1 aliphatic rings. The van der Waals surface area contributed by atoms with E-state index in [4.69, 9.17) is 14.2 Å². The number of esters is 1. The van der Waals surface area contributed by atoms with E-state index in [2.05, 4.69) is 5.32 Å². The number of hydrogen-bond donors (Lipinski definition) is 1. The van der Waals surface area contributed by atoms with E-state index in [1.165, 1.54) is 19.1 Å². The minimum Gasteiger partial charge on any atom is -0.497 e. The maximum atomic E-state index is 13.5. The van der Waals surface area contributed by atoms with Gasteiger partial charge in [0, 0.05) is 52.0 Å². The molecule has 39 heavy (non-hydrogen) atoms. The minimum atomic E-state index is -1.02. The molecule has 0 spiro atoms. The van der Waals surface area contributed by atoms with Gasteiger partial charge in [0.25, 0.3) is 5.91 Å². The van der Waals surface area contributed by atoms with Gasteiger partial charge in [0.15, 0.2) is 0 Å². The smallest absolute Gasteiger partial charge is 0.328 e. The molecule has 11 heteroatoms. The van der Waals surface area contributed by atoms with E-state index in [-0.39, 0.29) is 44.5 Å². The molecule has 0 aliphatic carbocycles. The molecule has 0 unspecified atom stereocenters. The second-order valence-corrected chi connectivity index (χ2v) is 9.36. The number of nitrogens with zero attached hydrogens (tertiary/aromatic N) is 3. The number of methoxy groups -OCH3 is 3. The third kappa shape index (κ3) is 7.47. The van der Waals surface area contributed by atoms with Gasteiger partial charge < -0.3 is 34.2 Å². The molecule has 0 radical (unpaired) electrons. The Hall–Kier alpha value is -4.12. The summed E-state index contributed by atoms with van der Waals surface area (Å²) < 4.78 is 15.1. The number of amides is 3. The van der Waals surface area contributed by atoms with Crippen LogP contribution in [0.2, 0.25) is 0 Å². The van der Waals surface area contributed by atoms with Crippen molar-refractivity contribution in [1.82, 2.24) is 15.1 Å². The number of ether oxygens (including phenoxy) is 3. The van der Waals surface area contributed by atoms with E-state index >= 15 is 0 Å². The van der Waals surface area contributed by atoms with Crippen LogP contribution in [-0.4, -0.2) is 107 Å². The predicted molar refractivity (Wildman–Crippen MR) is 145 cm³/mol. The Bertz CT molecular complexity index is 1150. The number of carbonyl (C=O) groups is 4. The van der Waals surface area contributed by atoms with Crippen LogP contribution in [0.3, 0.4) is 0 Å². The topological polar surface area (TPSA) is 118 Å². The highest BCUT2D eigenvalue weighted by atomic mass is 16.5. The lowest BCUT2D eigenvalue weighted by molar-refractivity contribution is -0.149. The summed E-state index contributed by atoms with van der Waals surface area (Å²) in [6, 6.07) is 12.2. The van der Waals surface area contributed by atoms with Gasteiger partial charge in [0.05, 0.1) is 20.8 Å². The van der Waals surface area contributed by atoms with Crippen molar-refractivity contribution < 1.29 is 33.4 Å². The van der Waals surface area contributed by atoms with E-state index < -0.39 is 24.0 Å². The SMILES string of the molecule is COCC(=O)N1CCN(C(=O)c2ccc(N(C)C)cc2)C[C@@H]1C(=O)N[C@@H](Cc1ccc(OC)cc1)C(=O)OC. The molecular formula is C28H36N4O7. The van der Waals surface area contributed by atoms with Crippen molar-refractivity contribution in [3.05, 3.63) is 59.7 Å². The largest absolute Gasteiger partial charge is 0.497 e. The number of nitrogens with one attached hydrogen (secondary N) is 1. The third-order valence-electron chi connectivity index (χ3n) is 6.59. The van der Waals surface area contributed by atoms with Gasteiger partial charge in [0.1, 0.15) is 24.4 Å². The Balaban J connectivity index is 1.80. The van der Waals surface area contributed by atoms with Crippen LogP contribution < -0.4 is 15.0 Å². The summed E-state index contributed by atoms with van der Waals surface area (Å²) in [5, 5.41) is 2.74. The Morgan fingerprint density at radius 3 is 2.21 bits per heavy atom. The van der Waals surface area contributed by atoms with Crippen LogP contribution in [-0.2, 0) is 30.3 Å². The maximum Gasteiger partial charge on any atom is 0.328 e. The number of rotatable bonds is 10. The first-order valence-electron chi connectivity index (χ1n) is 12.5. The fraction of sp³-hybridized carbons (Fsp3) is 0.429. The molecule has 3 rings (SSSR count). The number of benzene rings is 2. The lowest BCUT2D eigenvalue weighted by Gasteiger charge is -2.40. The second-order valence-electron chi connectivity index (χ2n) is 9.36. The molecule has 1 heterocycles. The Morgan fingerprint density at radius 2 is 1.64 bits per heavy atom. The highest BCUT2D eigenvalue weighted by Gasteiger charge is 2.38.